The minimum Gasteiger partial charge on any atom is -0.349 e. The number of amides is 1. The number of aromatic nitrogens is 2. The van der Waals surface area contributed by atoms with Gasteiger partial charge in [0.2, 0.25) is 0 Å². The molecule has 1 heterocycles. The fraction of sp³-hybridized carbons (Fsp3) is 0.318. The molecule has 0 aliphatic carbocycles. The number of rotatable bonds is 7. The Bertz CT molecular complexity index is 1080. The molecule has 7 heteroatoms. The van der Waals surface area contributed by atoms with Gasteiger partial charge in [-0.2, -0.15) is 5.10 Å². The SMILES string of the molecule is CCN(CC)[C@H](CNC(=O)c1nn(C)c(=O)c2ccccc12)c1ccccc1Cl. The first-order valence-corrected chi connectivity index (χ1v) is 10.1. The number of nitrogens with one attached hydrogen (secondary N) is 1. The van der Waals surface area contributed by atoms with Gasteiger partial charge in [-0.25, -0.2) is 4.68 Å². The van der Waals surface area contributed by atoms with E-state index in [1.165, 1.54) is 4.68 Å². The number of hydrogen-bond acceptors (Lipinski definition) is 4. The predicted molar refractivity (Wildman–Crippen MR) is 116 cm³/mol. The van der Waals surface area contributed by atoms with Gasteiger partial charge in [-0.05, 0) is 30.8 Å². The normalized spacial score (nSPS) is 12.3. The van der Waals surface area contributed by atoms with E-state index in [1.54, 1.807) is 31.3 Å². The van der Waals surface area contributed by atoms with E-state index in [9.17, 15) is 9.59 Å². The number of hydrogen-bond donors (Lipinski definition) is 1. The lowest BCUT2D eigenvalue weighted by atomic mass is 10.0. The van der Waals surface area contributed by atoms with Crippen molar-refractivity contribution in [1.82, 2.24) is 20.0 Å². The second-order valence-electron chi connectivity index (χ2n) is 6.79. The van der Waals surface area contributed by atoms with E-state index >= 15 is 0 Å². The summed E-state index contributed by atoms with van der Waals surface area (Å²) < 4.78 is 1.20. The minimum absolute atomic E-state index is 0.0681. The van der Waals surface area contributed by atoms with Crippen molar-refractivity contribution in [1.29, 1.82) is 0 Å². The molecule has 0 fully saturated rings. The fourth-order valence-corrected chi connectivity index (χ4v) is 3.85. The third-order valence-corrected chi connectivity index (χ3v) is 5.49. The molecule has 0 radical (unpaired) electrons. The van der Waals surface area contributed by atoms with Gasteiger partial charge in [0, 0.05) is 24.0 Å². The second-order valence-corrected chi connectivity index (χ2v) is 7.20. The van der Waals surface area contributed by atoms with Gasteiger partial charge in [0.1, 0.15) is 0 Å². The molecule has 6 nitrogen and oxygen atoms in total. The third-order valence-electron chi connectivity index (χ3n) is 5.14. The van der Waals surface area contributed by atoms with Crippen LogP contribution in [0.2, 0.25) is 5.02 Å². The highest BCUT2D eigenvalue weighted by molar-refractivity contribution is 6.31. The second kappa shape index (κ2) is 9.20. The number of halogens is 1. The number of likely N-dealkylation sites (N-methyl/N-ethyl adjacent to an activating group) is 1. The topological polar surface area (TPSA) is 67.2 Å². The Morgan fingerprint density at radius 3 is 2.38 bits per heavy atom. The minimum atomic E-state index is -0.319. The van der Waals surface area contributed by atoms with Crippen molar-refractivity contribution in [2.24, 2.45) is 7.05 Å². The molecule has 0 saturated carbocycles. The molecule has 1 atom stereocenters. The molecule has 0 unspecified atom stereocenters. The number of benzene rings is 2. The van der Waals surface area contributed by atoms with Crippen molar-refractivity contribution in [3.05, 3.63) is 75.2 Å². The van der Waals surface area contributed by atoms with Crippen LogP contribution in [0.4, 0.5) is 0 Å². The molecule has 3 aromatic rings. The van der Waals surface area contributed by atoms with Crippen molar-refractivity contribution in [3.63, 3.8) is 0 Å². The quantitative estimate of drug-likeness (QED) is 0.645. The van der Waals surface area contributed by atoms with Crippen LogP contribution in [0, 0.1) is 0 Å². The van der Waals surface area contributed by atoms with Crippen LogP contribution in [-0.4, -0.2) is 40.2 Å². The maximum Gasteiger partial charge on any atom is 0.274 e. The van der Waals surface area contributed by atoms with E-state index in [1.807, 2.05) is 24.3 Å². The first-order valence-electron chi connectivity index (χ1n) is 9.70. The van der Waals surface area contributed by atoms with E-state index in [4.69, 9.17) is 11.6 Å². The van der Waals surface area contributed by atoms with Crippen LogP contribution in [-0.2, 0) is 7.05 Å². The average Bonchev–Trinajstić information content (AvgIpc) is 2.74. The molecular weight excluding hydrogens is 388 g/mol. The number of aryl methyl sites for hydroxylation is 1. The summed E-state index contributed by atoms with van der Waals surface area (Å²) in [5, 5.41) is 8.89. The van der Waals surface area contributed by atoms with Crippen molar-refractivity contribution in [3.8, 4) is 0 Å². The van der Waals surface area contributed by atoms with E-state index in [-0.39, 0.29) is 23.2 Å². The van der Waals surface area contributed by atoms with Gasteiger partial charge in [-0.3, -0.25) is 14.5 Å². The third kappa shape index (κ3) is 4.33. The molecule has 1 amide bonds. The molecule has 152 valence electrons. The van der Waals surface area contributed by atoms with E-state index < -0.39 is 0 Å². The Morgan fingerprint density at radius 1 is 1.10 bits per heavy atom. The van der Waals surface area contributed by atoms with E-state index in [2.05, 4.69) is 29.2 Å². The number of nitrogens with zero attached hydrogens (tertiary/aromatic N) is 3. The largest absolute Gasteiger partial charge is 0.349 e. The van der Waals surface area contributed by atoms with Crippen molar-refractivity contribution in [2.75, 3.05) is 19.6 Å². The van der Waals surface area contributed by atoms with Crippen molar-refractivity contribution < 1.29 is 4.79 Å². The van der Waals surface area contributed by atoms with Crippen LogP contribution in [0.5, 0.6) is 0 Å². The molecule has 1 aromatic heterocycles. The summed E-state index contributed by atoms with van der Waals surface area (Å²) in [6.07, 6.45) is 0. The standard InChI is InChI=1S/C22H25ClN4O2/c1-4-27(5-2)19(17-12-8-9-13-18(17)23)14-24-21(28)20-15-10-6-7-11-16(15)22(29)26(3)25-20/h6-13,19H,4-5,14H2,1-3H3,(H,24,28)/t19-/m1/s1. The van der Waals surface area contributed by atoms with Gasteiger partial charge in [-0.15, -0.1) is 0 Å². The average molecular weight is 413 g/mol. The Labute approximate surface area is 175 Å². The van der Waals surface area contributed by atoms with Crippen LogP contribution < -0.4 is 10.9 Å². The first kappa shape index (κ1) is 21.0. The molecule has 0 saturated heterocycles. The van der Waals surface area contributed by atoms with Gasteiger partial charge in [-0.1, -0.05) is 61.8 Å². The number of fused-ring (bicyclic) bond motifs is 1. The summed E-state index contributed by atoms with van der Waals surface area (Å²) in [6, 6.07) is 14.6. The first-order chi connectivity index (χ1) is 14.0. The Kier molecular flexibility index (Phi) is 6.67. The Morgan fingerprint density at radius 2 is 1.72 bits per heavy atom. The molecule has 0 spiro atoms. The Balaban J connectivity index is 1.92. The molecule has 0 aliphatic rings. The van der Waals surface area contributed by atoms with Gasteiger partial charge in [0.05, 0.1) is 11.4 Å². The predicted octanol–water partition coefficient (Wildman–Crippen LogP) is 3.40. The van der Waals surface area contributed by atoms with Crippen LogP contribution in [0.3, 0.4) is 0 Å². The lowest BCUT2D eigenvalue weighted by Crippen LogP contribution is -2.39. The lowest BCUT2D eigenvalue weighted by molar-refractivity contribution is 0.0929. The highest BCUT2D eigenvalue weighted by Gasteiger charge is 2.22. The van der Waals surface area contributed by atoms with Gasteiger partial charge in [0.25, 0.3) is 11.5 Å². The molecular formula is C22H25ClN4O2. The van der Waals surface area contributed by atoms with Crippen LogP contribution in [0.25, 0.3) is 10.8 Å². The fourth-order valence-electron chi connectivity index (χ4n) is 3.59. The molecule has 2 aromatic carbocycles. The molecule has 1 N–H and O–H groups in total. The summed E-state index contributed by atoms with van der Waals surface area (Å²) in [4.78, 5) is 27.6. The summed E-state index contributed by atoms with van der Waals surface area (Å²) in [5.41, 5.74) is 0.978. The van der Waals surface area contributed by atoms with Gasteiger partial charge < -0.3 is 5.32 Å². The van der Waals surface area contributed by atoms with E-state index in [0.29, 0.717) is 22.3 Å². The maximum atomic E-state index is 13.0. The zero-order valence-electron chi connectivity index (χ0n) is 16.9. The highest BCUT2D eigenvalue weighted by atomic mass is 35.5. The summed E-state index contributed by atoms with van der Waals surface area (Å²) in [7, 11) is 1.55. The lowest BCUT2D eigenvalue weighted by Gasteiger charge is -2.30. The summed E-state index contributed by atoms with van der Waals surface area (Å²) in [5.74, 6) is -0.319. The van der Waals surface area contributed by atoms with Crippen LogP contribution >= 0.6 is 11.6 Å². The monoisotopic (exact) mass is 412 g/mol. The van der Waals surface area contributed by atoms with Crippen LogP contribution in [0.1, 0.15) is 35.9 Å². The number of carbonyl (C=O) groups excluding carboxylic acids is 1. The number of carbonyl (C=O) groups is 1. The molecule has 29 heavy (non-hydrogen) atoms. The van der Waals surface area contributed by atoms with Crippen molar-refractivity contribution >= 4 is 28.3 Å². The maximum absolute atomic E-state index is 13.0. The zero-order valence-corrected chi connectivity index (χ0v) is 17.6. The van der Waals surface area contributed by atoms with E-state index in [0.717, 1.165) is 18.7 Å². The highest BCUT2D eigenvalue weighted by Crippen LogP contribution is 2.27. The Hall–Kier alpha value is -2.70. The summed E-state index contributed by atoms with van der Waals surface area (Å²) >= 11 is 6.44. The molecule has 0 bridgehead atoms. The van der Waals surface area contributed by atoms with Crippen molar-refractivity contribution in [2.45, 2.75) is 19.9 Å². The van der Waals surface area contributed by atoms with Gasteiger partial charge in [0.15, 0.2) is 5.69 Å². The van der Waals surface area contributed by atoms with Crippen LogP contribution in [0.15, 0.2) is 53.3 Å². The smallest absolute Gasteiger partial charge is 0.274 e. The molecule has 0 aliphatic heterocycles. The van der Waals surface area contributed by atoms with Gasteiger partial charge >= 0.3 is 0 Å². The zero-order chi connectivity index (χ0) is 21.0. The molecule has 3 rings (SSSR count). The summed E-state index contributed by atoms with van der Waals surface area (Å²) in [6.45, 7) is 6.18.